The smallest absolute Gasteiger partial charge is 0.165 e. The molecule has 4 N–H and O–H groups in total. The van der Waals surface area contributed by atoms with Gasteiger partial charge in [-0.2, -0.15) is 0 Å². The van der Waals surface area contributed by atoms with Crippen molar-refractivity contribution in [3.05, 3.63) is 40.5 Å². The Morgan fingerprint density at radius 1 is 1.13 bits per heavy atom. The van der Waals surface area contributed by atoms with E-state index in [-0.39, 0.29) is 29.7 Å². The monoisotopic (exact) mass is 307 g/mol. The Balaban J connectivity index is 2.13. The summed E-state index contributed by atoms with van der Waals surface area (Å²) in [6.45, 7) is 0.852. The van der Waals surface area contributed by atoms with E-state index < -0.39 is 0 Å². The second kappa shape index (κ2) is 4.94. The molecule has 0 saturated carbocycles. The third kappa shape index (κ3) is 1.90. The van der Waals surface area contributed by atoms with Crippen molar-refractivity contribution in [1.82, 2.24) is 5.32 Å². The van der Waals surface area contributed by atoms with E-state index in [2.05, 4.69) is 11.2 Å². The lowest BCUT2D eigenvalue weighted by molar-refractivity contribution is 0.402. The Hall–Kier alpha value is -2.64. The lowest BCUT2D eigenvalue weighted by atomic mass is 9.75. The third-order valence-corrected chi connectivity index (χ3v) is 4.87. The molecule has 2 aromatic rings. The number of hydrogen-bond acceptors (Lipinski definition) is 4. The van der Waals surface area contributed by atoms with Gasteiger partial charge in [-0.15, -0.1) is 12.3 Å². The number of phenolic OH excluding ortho intramolecular Hbond substituents is 3. The van der Waals surface area contributed by atoms with Gasteiger partial charge in [-0.05, 0) is 53.8 Å². The summed E-state index contributed by atoms with van der Waals surface area (Å²) in [4.78, 5) is 0. The van der Waals surface area contributed by atoms with E-state index in [0.717, 1.165) is 41.6 Å². The van der Waals surface area contributed by atoms with Crippen molar-refractivity contribution in [2.75, 3.05) is 6.54 Å². The quantitative estimate of drug-likeness (QED) is 0.482. The van der Waals surface area contributed by atoms with Crippen molar-refractivity contribution in [1.29, 1.82) is 0 Å². The van der Waals surface area contributed by atoms with Gasteiger partial charge in [-0.1, -0.05) is 6.07 Å². The molecule has 0 amide bonds. The Morgan fingerprint density at radius 3 is 2.74 bits per heavy atom. The maximum atomic E-state index is 10.4. The molecule has 1 aliphatic heterocycles. The van der Waals surface area contributed by atoms with Crippen LogP contribution in [0.5, 0.6) is 17.2 Å². The molecule has 0 fully saturated rings. The summed E-state index contributed by atoms with van der Waals surface area (Å²) in [7, 11) is 0. The summed E-state index contributed by atoms with van der Waals surface area (Å²) < 4.78 is 0. The van der Waals surface area contributed by atoms with Crippen LogP contribution in [0.15, 0.2) is 18.2 Å². The van der Waals surface area contributed by atoms with Crippen molar-refractivity contribution in [3.63, 3.8) is 0 Å². The fourth-order valence-electron chi connectivity index (χ4n) is 3.90. The topological polar surface area (TPSA) is 72.7 Å². The molecule has 1 heterocycles. The largest absolute Gasteiger partial charge is 0.508 e. The number of hydrogen-bond donors (Lipinski definition) is 4. The molecule has 4 rings (SSSR count). The zero-order chi connectivity index (χ0) is 16.1. The molecule has 0 aromatic heterocycles. The Kier molecular flexibility index (Phi) is 3.00. The van der Waals surface area contributed by atoms with Crippen LogP contribution in [0.1, 0.15) is 28.3 Å². The van der Waals surface area contributed by atoms with Gasteiger partial charge in [0.05, 0.1) is 0 Å². The van der Waals surface area contributed by atoms with Crippen molar-refractivity contribution < 1.29 is 15.3 Å². The number of fused-ring (bicyclic) bond motifs is 2. The van der Waals surface area contributed by atoms with E-state index in [1.807, 2.05) is 6.07 Å². The van der Waals surface area contributed by atoms with Crippen LogP contribution in [0, 0.1) is 12.3 Å². The van der Waals surface area contributed by atoms with E-state index in [0.29, 0.717) is 11.1 Å². The van der Waals surface area contributed by atoms with Gasteiger partial charge in [0.2, 0.25) is 0 Å². The van der Waals surface area contributed by atoms with Gasteiger partial charge in [0.1, 0.15) is 5.75 Å². The highest BCUT2D eigenvalue weighted by molar-refractivity contribution is 5.86. The zero-order valence-corrected chi connectivity index (χ0v) is 12.6. The first kappa shape index (κ1) is 14.0. The summed E-state index contributed by atoms with van der Waals surface area (Å²) >= 11 is 0. The van der Waals surface area contributed by atoms with Gasteiger partial charge in [0.15, 0.2) is 11.5 Å². The number of aromatic hydroxyl groups is 3. The number of benzene rings is 2. The number of phenols is 3. The predicted molar refractivity (Wildman–Crippen MR) is 87.6 cm³/mol. The fraction of sp³-hybridized carbons (Fsp3) is 0.263. The summed E-state index contributed by atoms with van der Waals surface area (Å²) in [5.41, 5.74) is 5.14. The molecule has 2 aliphatic rings. The van der Waals surface area contributed by atoms with E-state index >= 15 is 0 Å². The number of terminal acetylenes is 1. The first-order valence-corrected chi connectivity index (χ1v) is 7.70. The lowest BCUT2D eigenvalue weighted by Crippen LogP contribution is -2.34. The SMILES string of the molecule is C#CCc1c(O)cc2c3c1-c1c(ccc(O)c1O)CC3NCC2. The maximum absolute atomic E-state index is 10.4. The Bertz CT molecular complexity index is 864. The Labute approximate surface area is 134 Å². The Morgan fingerprint density at radius 2 is 1.96 bits per heavy atom. The summed E-state index contributed by atoms with van der Waals surface area (Å²) in [6, 6.07) is 5.27. The second-order valence-electron chi connectivity index (χ2n) is 6.13. The molecular weight excluding hydrogens is 290 g/mol. The maximum Gasteiger partial charge on any atom is 0.165 e. The highest BCUT2D eigenvalue weighted by Gasteiger charge is 2.34. The first-order valence-electron chi connectivity index (χ1n) is 7.70. The van der Waals surface area contributed by atoms with Gasteiger partial charge in [0, 0.05) is 23.6 Å². The molecule has 1 atom stereocenters. The molecule has 0 saturated heterocycles. The summed E-state index contributed by atoms with van der Waals surface area (Å²) in [6.07, 6.45) is 7.31. The third-order valence-electron chi connectivity index (χ3n) is 4.87. The molecule has 1 unspecified atom stereocenters. The molecule has 4 heteroatoms. The molecule has 1 aliphatic carbocycles. The molecule has 0 bridgehead atoms. The minimum atomic E-state index is -0.158. The standard InChI is InChI=1S/C19H17NO3/c1-2-3-12-15(22)9-11-6-7-20-13-8-10-4-5-14(21)19(23)17(10)18(12)16(11)13/h1,4-5,9,13,20-23H,3,6-8H2. The highest BCUT2D eigenvalue weighted by atomic mass is 16.3. The van der Waals surface area contributed by atoms with Crippen molar-refractivity contribution in [2.24, 2.45) is 0 Å². The number of nitrogens with one attached hydrogen (secondary N) is 1. The summed E-state index contributed by atoms with van der Waals surface area (Å²) in [5.74, 6) is 2.45. The van der Waals surface area contributed by atoms with Crippen LogP contribution < -0.4 is 5.32 Å². The van der Waals surface area contributed by atoms with Gasteiger partial charge >= 0.3 is 0 Å². The van der Waals surface area contributed by atoms with Gasteiger partial charge in [-0.3, -0.25) is 0 Å². The lowest BCUT2D eigenvalue weighted by Gasteiger charge is -2.36. The molecule has 0 spiro atoms. The van der Waals surface area contributed by atoms with E-state index in [9.17, 15) is 15.3 Å². The van der Waals surface area contributed by atoms with Gasteiger partial charge < -0.3 is 20.6 Å². The molecular formula is C19H17NO3. The molecule has 23 heavy (non-hydrogen) atoms. The molecule has 2 aromatic carbocycles. The van der Waals surface area contributed by atoms with Crippen LogP contribution in [0.4, 0.5) is 0 Å². The summed E-state index contributed by atoms with van der Waals surface area (Å²) in [5, 5.41) is 34.3. The minimum Gasteiger partial charge on any atom is -0.508 e. The first-order chi connectivity index (χ1) is 11.1. The van der Waals surface area contributed by atoms with E-state index in [1.54, 1.807) is 6.07 Å². The van der Waals surface area contributed by atoms with Gasteiger partial charge in [-0.25, -0.2) is 0 Å². The normalized spacial score (nSPS) is 18.0. The van der Waals surface area contributed by atoms with Crippen LogP contribution in [-0.4, -0.2) is 21.9 Å². The molecule has 0 radical (unpaired) electrons. The average Bonchev–Trinajstić information content (AvgIpc) is 2.54. The van der Waals surface area contributed by atoms with Crippen LogP contribution in [-0.2, 0) is 19.3 Å². The van der Waals surface area contributed by atoms with Crippen LogP contribution in [0.3, 0.4) is 0 Å². The highest BCUT2D eigenvalue weighted by Crippen LogP contribution is 2.51. The number of rotatable bonds is 1. The predicted octanol–water partition coefficient (Wildman–Crippen LogP) is 2.39. The second-order valence-corrected chi connectivity index (χ2v) is 6.13. The van der Waals surface area contributed by atoms with E-state index in [4.69, 9.17) is 6.42 Å². The van der Waals surface area contributed by atoms with Crippen molar-refractivity contribution in [2.45, 2.75) is 25.3 Å². The van der Waals surface area contributed by atoms with Crippen molar-refractivity contribution >= 4 is 0 Å². The van der Waals surface area contributed by atoms with Crippen LogP contribution >= 0.6 is 0 Å². The van der Waals surface area contributed by atoms with Crippen LogP contribution in [0.2, 0.25) is 0 Å². The zero-order valence-electron chi connectivity index (χ0n) is 12.6. The van der Waals surface area contributed by atoms with Crippen molar-refractivity contribution in [3.8, 4) is 40.7 Å². The van der Waals surface area contributed by atoms with Gasteiger partial charge in [0.25, 0.3) is 0 Å². The molecule has 4 nitrogen and oxygen atoms in total. The fourth-order valence-corrected chi connectivity index (χ4v) is 3.90. The van der Waals surface area contributed by atoms with E-state index in [1.165, 1.54) is 6.07 Å². The minimum absolute atomic E-state index is 0.141. The average molecular weight is 307 g/mol. The van der Waals surface area contributed by atoms with Crippen LogP contribution in [0.25, 0.3) is 11.1 Å². The molecule has 116 valence electrons.